The van der Waals surface area contributed by atoms with Gasteiger partial charge in [0.25, 0.3) is 0 Å². The quantitative estimate of drug-likeness (QED) is 0.152. The van der Waals surface area contributed by atoms with E-state index in [1.165, 1.54) is 0 Å². The molecule has 2 aliphatic heterocycles. The highest BCUT2D eigenvalue weighted by Crippen LogP contribution is 2.26. The van der Waals surface area contributed by atoms with E-state index in [1.54, 1.807) is 68.5 Å². The van der Waals surface area contributed by atoms with E-state index >= 15 is 0 Å². The van der Waals surface area contributed by atoms with Crippen molar-refractivity contribution in [2.24, 2.45) is 0 Å². The van der Waals surface area contributed by atoms with E-state index in [1.807, 2.05) is 37.3 Å². The number of piperazine rings is 1. The second kappa shape index (κ2) is 16.2. The van der Waals surface area contributed by atoms with Crippen LogP contribution in [0.4, 0.5) is 33.6 Å². The number of imide groups is 1. The van der Waals surface area contributed by atoms with Crippen LogP contribution in [0, 0.1) is 6.92 Å². The molecule has 16 heteroatoms. The lowest BCUT2D eigenvalue weighted by molar-refractivity contribution is -0.120. The summed E-state index contributed by atoms with van der Waals surface area (Å²) in [6, 6.07) is 15.7. The lowest BCUT2D eigenvalue weighted by Gasteiger charge is -2.35. The van der Waals surface area contributed by atoms with Crippen LogP contribution in [0.2, 0.25) is 0 Å². The van der Waals surface area contributed by atoms with Crippen molar-refractivity contribution in [3.63, 3.8) is 0 Å². The van der Waals surface area contributed by atoms with Crippen molar-refractivity contribution in [2.75, 3.05) is 61.4 Å². The first-order valence-corrected chi connectivity index (χ1v) is 19.0. The van der Waals surface area contributed by atoms with E-state index in [9.17, 15) is 18.0 Å². The zero-order chi connectivity index (χ0) is 37.6. The van der Waals surface area contributed by atoms with Gasteiger partial charge < -0.3 is 15.4 Å². The summed E-state index contributed by atoms with van der Waals surface area (Å²) in [6.07, 6.45) is 5.40. The number of benzene rings is 2. The smallest absolute Gasteiger partial charge is 0.328 e. The van der Waals surface area contributed by atoms with E-state index in [4.69, 9.17) is 4.74 Å². The normalized spacial score (nSPS) is 16.0. The molecular formula is C37H46N10O5S. The molecule has 4 aromatic rings. The molecule has 0 saturated carbocycles. The topological polar surface area (TPSA) is 174 Å². The summed E-state index contributed by atoms with van der Waals surface area (Å²) in [7, 11) is -3.69. The molecule has 6 rings (SSSR count). The molecule has 2 saturated heterocycles. The van der Waals surface area contributed by atoms with Gasteiger partial charge in [-0.3, -0.25) is 29.8 Å². The molecule has 2 aromatic heterocycles. The minimum Gasteiger partial charge on any atom is -0.492 e. The molecule has 0 aliphatic carbocycles. The molecule has 53 heavy (non-hydrogen) atoms. The number of carbonyl (C=O) groups is 2. The van der Waals surface area contributed by atoms with Gasteiger partial charge in [-0.1, -0.05) is 6.07 Å². The van der Waals surface area contributed by atoms with Crippen LogP contribution in [-0.2, 0) is 21.4 Å². The Kier molecular flexibility index (Phi) is 11.5. The first-order valence-electron chi connectivity index (χ1n) is 17.5. The second-order valence-electron chi connectivity index (χ2n) is 14.1. The van der Waals surface area contributed by atoms with Crippen molar-refractivity contribution in [3.8, 4) is 5.75 Å². The Morgan fingerprint density at radius 2 is 1.66 bits per heavy atom. The molecule has 2 aliphatic rings. The number of ether oxygens (including phenoxy) is 1. The third-order valence-corrected chi connectivity index (χ3v) is 10.5. The van der Waals surface area contributed by atoms with Crippen LogP contribution < -0.4 is 30.3 Å². The number of hydrogen-bond acceptors (Lipinski definition) is 12. The highest BCUT2D eigenvalue weighted by atomic mass is 32.2. The fourth-order valence-corrected chi connectivity index (χ4v) is 7.49. The van der Waals surface area contributed by atoms with E-state index < -0.39 is 21.6 Å². The molecule has 2 aromatic carbocycles. The SMILES string of the molecule is Cc1cnc(Nc2ccc(OCCN3CCN(Cc4ccncc4N4CCC(=O)NC4=O)CC3)cc2)nc1Nc1cccc(S(=O)(=O)NC(C)(C)C)c1. The summed E-state index contributed by atoms with van der Waals surface area (Å²) in [6.45, 7) is 13.2. The Morgan fingerprint density at radius 3 is 2.40 bits per heavy atom. The first-order chi connectivity index (χ1) is 25.3. The summed E-state index contributed by atoms with van der Waals surface area (Å²) < 4.78 is 34.4. The Hall–Kier alpha value is -5.16. The molecule has 0 radical (unpaired) electrons. The number of anilines is 5. The lowest BCUT2D eigenvalue weighted by atomic mass is 10.1. The molecule has 0 spiro atoms. The molecule has 4 heterocycles. The standard InChI is InChI=1S/C37H46N10O5S/c1-26-23-39-35(43-34(26)40-29-6-5-7-31(22-29)53(50,51)44-37(2,3)4)41-28-8-10-30(11-9-28)52-21-20-45-16-18-46(19-17-45)25-27-12-14-38-24-32(27)47-15-13-33(48)42-36(47)49/h5-12,14,22-24,44H,13,15-21,25H2,1-4H3,(H,42,48,49)(H2,39,40,41,43). The van der Waals surface area contributed by atoms with Gasteiger partial charge in [-0.2, -0.15) is 4.98 Å². The van der Waals surface area contributed by atoms with Gasteiger partial charge in [-0.05, 0) is 81.8 Å². The largest absolute Gasteiger partial charge is 0.492 e. The first kappa shape index (κ1) is 37.6. The third-order valence-electron chi connectivity index (χ3n) is 8.70. The van der Waals surface area contributed by atoms with Crippen LogP contribution in [-0.4, -0.2) is 96.5 Å². The number of rotatable bonds is 13. The number of urea groups is 1. The minimum atomic E-state index is -3.69. The molecule has 2 fully saturated rings. The number of aromatic nitrogens is 3. The maximum absolute atomic E-state index is 12.9. The van der Waals surface area contributed by atoms with E-state index in [2.05, 4.69) is 45.4 Å². The van der Waals surface area contributed by atoms with Gasteiger partial charge >= 0.3 is 6.03 Å². The maximum Gasteiger partial charge on any atom is 0.328 e. The summed E-state index contributed by atoms with van der Waals surface area (Å²) in [5, 5.41) is 8.84. The average Bonchev–Trinajstić information content (AvgIpc) is 3.11. The number of nitrogens with zero attached hydrogens (tertiary/aromatic N) is 6. The van der Waals surface area contributed by atoms with Gasteiger partial charge in [-0.25, -0.2) is 22.9 Å². The van der Waals surface area contributed by atoms with Gasteiger partial charge in [0.1, 0.15) is 18.2 Å². The van der Waals surface area contributed by atoms with E-state index in [0.717, 1.165) is 61.0 Å². The Balaban J connectivity index is 0.958. The monoisotopic (exact) mass is 742 g/mol. The van der Waals surface area contributed by atoms with E-state index in [-0.39, 0.29) is 17.2 Å². The predicted octanol–water partition coefficient (Wildman–Crippen LogP) is 4.39. The molecular weight excluding hydrogens is 697 g/mol. The van der Waals surface area contributed by atoms with Gasteiger partial charge in [0.05, 0.1) is 16.8 Å². The number of pyridine rings is 1. The van der Waals surface area contributed by atoms with Crippen molar-refractivity contribution >= 4 is 50.8 Å². The number of aryl methyl sites for hydroxylation is 1. The van der Waals surface area contributed by atoms with Gasteiger partial charge in [0.15, 0.2) is 0 Å². The lowest BCUT2D eigenvalue weighted by Crippen LogP contribution is -2.50. The summed E-state index contributed by atoms with van der Waals surface area (Å²) in [4.78, 5) is 43.8. The molecule has 4 N–H and O–H groups in total. The average molecular weight is 743 g/mol. The number of nitrogens with one attached hydrogen (secondary N) is 4. The molecule has 15 nitrogen and oxygen atoms in total. The van der Waals surface area contributed by atoms with Crippen LogP contribution in [0.1, 0.15) is 38.3 Å². The zero-order valence-electron chi connectivity index (χ0n) is 30.4. The fraction of sp³-hybridized carbons (Fsp3) is 0.378. The van der Waals surface area contributed by atoms with Crippen LogP contribution in [0.3, 0.4) is 0 Å². The summed E-state index contributed by atoms with van der Waals surface area (Å²) in [5.74, 6) is 1.44. The fourth-order valence-electron chi connectivity index (χ4n) is 6.02. The highest BCUT2D eigenvalue weighted by molar-refractivity contribution is 7.89. The van der Waals surface area contributed by atoms with Crippen molar-refractivity contribution in [1.29, 1.82) is 0 Å². The molecule has 0 atom stereocenters. The maximum atomic E-state index is 12.9. The van der Waals surface area contributed by atoms with Gasteiger partial charge in [-0.15, -0.1) is 0 Å². The molecule has 0 unspecified atom stereocenters. The van der Waals surface area contributed by atoms with Crippen molar-refractivity contribution < 1.29 is 22.7 Å². The van der Waals surface area contributed by atoms with Crippen LogP contribution in [0.5, 0.6) is 5.75 Å². The molecule has 3 amide bonds. The number of carbonyl (C=O) groups excluding carboxylic acids is 2. The van der Waals surface area contributed by atoms with Crippen molar-refractivity contribution in [2.45, 2.75) is 51.1 Å². The number of amides is 3. The Labute approximate surface area is 310 Å². The van der Waals surface area contributed by atoms with Gasteiger partial charge in [0.2, 0.25) is 21.9 Å². The Bertz CT molecular complexity index is 2030. The summed E-state index contributed by atoms with van der Waals surface area (Å²) >= 11 is 0. The number of hydrogen-bond donors (Lipinski definition) is 4. The number of sulfonamides is 1. The minimum absolute atomic E-state index is 0.159. The molecule has 280 valence electrons. The second-order valence-corrected chi connectivity index (χ2v) is 15.8. The Morgan fingerprint density at radius 1 is 0.906 bits per heavy atom. The van der Waals surface area contributed by atoms with Crippen LogP contribution in [0.25, 0.3) is 0 Å². The van der Waals surface area contributed by atoms with Crippen molar-refractivity contribution in [3.05, 3.63) is 84.3 Å². The third kappa shape index (κ3) is 10.3. The predicted molar refractivity (Wildman–Crippen MR) is 203 cm³/mol. The van der Waals surface area contributed by atoms with Gasteiger partial charge in [0, 0.05) is 87.1 Å². The molecule has 0 bridgehead atoms. The van der Waals surface area contributed by atoms with Crippen molar-refractivity contribution in [1.82, 2.24) is 34.8 Å². The highest BCUT2D eigenvalue weighted by Gasteiger charge is 2.27. The van der Waals surface area contributed by atoms with E-state index in [0.29, 0.717) is 37.1 Å². The zero-order valence-corrected chi connectivity index (χ0v) is 31.2. The van der Waals surface area contributed by atoms with Crippen LogP contribution in [0.15, 0.2) is 78.1 Å². The van der Waals surface area contributed by atoms with Crippen LogP contribution >= 0.6 is 0 Å². The summed E-state index contributed by atoms with van der Waals surface area (Å²) in [5.41, 5.74) is 3.32.